The highest BCUT2D eigenvalue weighted by atomic mass is 15.2. The summed E-state index contributed by atoms with van der Waals surface area (Å²) in [7, 11) is 0. The molecule has 2 atom stereocenters. The molecule has 1 saturated heterocycles. The minimum absolute atomic E-state index is 0.773. The van der Waals surface area contributed by atoms with Crippen LogP contribution in [0, 0.1) is 5.92 Å². The van der Waals surface area contributed by atoms with E-state index < -0.39 is 0 Å². The Bertz CT molecular complexity index is 641. The van der Waals surface area contributed by atoms with Gasteiger partial charge in [-0.15, -0.1) is 0 Å². The Morgan fingerprint density at radius 3 is 2.87 bits per heavy atom. The van der Waals surface area contributed by atoms with Gasteiger partial charge in [-0.1, -0.05) is 12.8 Å². The average Bonchev–Trinajstić information content (AvgIpc) is 2.63. The lowest BCUT2D eigenvalue weighted by Gasteiger charge is -2.44. The molecule has 4 heteroatoms. The van der Waals surface area contributed by atoms with Crippen molar-refractivity contribution in [2.75, 3.05) is 6.54 Å². The maximum Gasteiger partial charge on any atom is 0.160 e. The molecule has 120 valence electrons. The highest BCUT2D eigenvalue weighted by Crippen LogP contribution is 2.35. The molecule has 4 nitrogen and oxygen atoms in total. The van der Waals surface area contributed by atoms with E-state index in [1.165, 1.54) is 45.1 Å². The van der Waals surface area contributed by atoms with Crippen LogP contribution in [-0.4, -0.2) is 32.4 Å². The van der Waals surface area contributed by atoms with E-state index in [1.54, 1.807) is 6.20 Å². The second-order valence-corrected chi connectivity index (χ2v) is 6.84. The van der Waals surface area contributed by atoms with Gasteiger partial charge in [-0.2, -0.15) is 0 Å². The smallest absolute Gasteiger partial charge is 0.160 e. The van der Waals surface area contributed by atoms with Crippen LogP contribution in [0.4, 0.5) is 0 Å². The molecule has 1 saturated carbocycles. The van der Waals surface area contributed by atoms with Gasteiger partial charge in [0.1, 0.15) is 0 Å². The van der Waals surface area contributed by atoms with Crippen LogP contribution in [0.5, 0.6) is 0 Å². The van der Waals surface area contributed by atoms with Gasteiger partial charge in [0.05, 0.1) is 5.69 Å². The summed E-state index contributed by atoms with van der Waals surface area (Å²) in [6.45, 7) is 2.17. The molecule has 0 N–H and O–H groups in total. The first-order chi connectivity index (χ1) is 11.4. The minimum atomic E-state index is 0.773. The Kier molecular flexibility index (Phi) is 4.33. The van der Waals surface area contributed by atoms with Crippen LogP contribution in [0.15, 0.2) is 36.8 Å². The molecule has 0 bridgehead atoms. The van der Waals surface area contributed by atoms with E-state index in [-0.39, 0.29) is 0 Å². The van der Waals surface area contributed by atoms with Crippen LogP contribution in [0.1, 0.15) is 44.2 Å². The van der Waals surface area contributed by atoms with Crippen molar-refractivity contribution >= 4 is 0 Å². The van der Waals surface area contributed by atoms with E-state index in [9.17, 15) is 0 Å². The zero-order valence-corrected chi connectivity index (χ0v) is 13.6. The fourth-order valence-corrected chi connectivity index (χ4v) is 4.25. The van der Waals surface area contributed by atoms with Crippen molar-refractivity contribution in [1.82, 2.24) is 19.9 Å². The number of rotatable bonds is 3. The first kappa shape index (κ1) is 14.8. The fraction of sp³-hybridized carbons (Fsp3) is 0.526. The number of nitrogens with zero attached hydrogens (tertiary/aromatic N) is 4. The zero-order chi connectivity index (χ0) is 15.5. The summed E-state index contributed by atoms with van der Waals surface area (Å²) in [5.74, 6) is 1.70. The summed E-state index contributed by atoms with van der Waals surface area (Å²) in [4.78, 5) is 16.0. The molecule has 0 radical (unpaired) electrons. The van der Waals surface area contributed by atoms with Crippen molar-refractivity contribution in [2.45, 2.75) is 51.1 Å². The zero-order valence-electron chi connectivity index (χ0n) is 13.6. The monoisotopic (exact) mass is 308 g/mol. The SMILES string of the molecule is c1cncc(-c2nccc(CN3CCC[C@H]4CCCC[C@@H]43)n2)c1. The summed E-state index contributed by atoms with van der Waals surface area (Å²) in [6.07, 6.45) is 13.9. The van der Waals surface area contributed by atoms with E-state index in [4.69, 9.17) is 4.98 Å². The van der Waals surface area contributed by atoms with Gasteiger partial charge in [0, 0.05) is 36.7 Å². The first-order valence-electron chi connectivity index (χ1n) is 8.86. The number of piperidine rings is 1. The lowest BCUT2D eigenvalue weighted by molar-refractivity contribution is 0.0537. The molecule has 1 aliphatic heterocycles. The molecule has 0 amide bonds. The number of pyridine rings is 1. The Hall–Kier alpha value is -1.81. The van der Waals surface area contributed by atoms with E-state index in [2.05, 4.69) is 20.9 Å². The van der Waals surface area contributed by atoms with Crippen molar-refractivity contribution in [3.8, 4) is 11.4 Å². The van der Waals surface area contributed by atoms with Crippen molar-refractivity contribution in [2.24, 2.45) is 5.92 Å². The minimum Gasteiger partial charge on any atom is -0.294 e. The van der Waals surface area contributed by atoms with Crippen molar-refractivity contribution in [3.63, 3.8) is 0 Å². The lowest BCUT2D eigenvalue weighted by atomic mass is 9.78. The second kappa shape index (κ2) is 6.75. The van der Waals surface area contributed by atoms with E-state index >= 15 is 0 Å². The Morgan fingerprint density at radius 2 is 1.96 bits per heavy atom. The van der Waals surface area contributed by atoms with Crippen LogP contribution in [0.25, 0.3) is 11.4 Å². The Morgan fingerprint density at radius 1 is 1.04 bits per heavy atom. The normalized spacial score (nSPS) is 25.0. The second-order valence-electron chi connectivity index (χ2n) is 6.84. The number of hydrogen-bond donors (Lipinski definition) is 0. The van der Waals surface area contributed by atoms with Gasteiger partial charge in [0.2, 0.25) is 0 Å². The maximum absolute atomic E-state index is 4.78. The van der Waals surface area contributed by atoms with Gasteiger partial charge in [0.15, 0.2) is 5.82 Å². The number of hydrogen-bond acceptors (Lipinski definition) is 4. The van der Waals surface area contributed by atoms with Gasteiger partial charge >= 0.3 is 0 Å². The maximum atomic E-state index is 4.78. The summed E-state index contributed by atoms with van der Waals surface area (Å²) in [5, 5.41) is 0. The van der Waals surface area contributed by atoms with E-state index in [1.807, 2.05) is 24.5 Å². The molecule has 2 fully saturated rings. The highest BCUT2D eigenvalue weighted by molar-refractivity contribution is 5.52. The van der Waals surface area contributed by atoms with Crippen LogP contribution in [0.3, 0.4) is 0 Å². The number of aromatic nitrogens is 3. The summed E-state index contributed by atoms with van der Waals surface area (Å²) in [5.41, 5.74) is 2.12. The third kappa shape index (κ3) is 3.27. The summed E-state index contributed by atoms with van der Waals surface area (Å²) >= 11 is 0. The quantitative estimate of drug-likeness (QED) is 0.867. The molecular formula is C19H24N4. The fourth-order valence-electron chi connectivity index (χ4n) is 4.25. The summed E-state index contributed by atoms with van der Waals surface area (Å²) in [6, 6.07) is 6.79. The van der Waals surface area contributed by atoms with E-state index in [0.29, 0.717) is 0 Å². The molecule has 0 unspecified atom stereocenters. The molecule has 3 heterocycles. The summed E-state index contributed by atoms with van der Waals surface area (Å²) < 4.78 is 0. The third-order valence-corrected chi connectivity index (χ3v) is 5.36. The highest BCUT2D eigenvalue weighted by Gasteiger charge is 2.33. The van der Waals surface area contributed by atoms with Crippen molar-refractivity contribution in [1.29, 1.82) is 0 Å². The van der Waals surface area contributed by atoms with Crippen molar-refractivity contribution in [3.05, 3.63) is 42.5 Å². The third-order valence-electron chi connectivity index (χ3n) is 5.36. The topological polar surface area (TPSA) is 41.9 Å². The van der Waals surface area contributed by atoms with Crippen molar-refractivity contribution < 1.29 is 0 Å². The largest absolute Gasteiger partial charge is 0.294 e. The predicted molar refractivity (Wildman–Crippen MR) is 90.7 cm³/mol. The average molecular weight is 308 g/mol. The van der Waals surface area contributed by atoms with Gasteiger partial charge in [-0.05, 0) is 56.3 Å². The van der Waals surface area contributed by atoms with Gasteiger partial charge in [0.25, 0.3) is 0 Å². The van der Waals surface area contributed by atoms with Gasteiger partial charge in [-0.3, -0.25) is 9.88 Å². The molecular weight excluding hydrogens is 284 g/mol. The number of fused-ring (bicyclic) bond motifs is 1. The first-order valence-corrected chi connectivity index (χ1v) is 8.86. The molecule has 0 aromatic carbocycles. The Balaban J connectivity index is 1.52. The molecule has 1 aliphatic carbocycles. The van der Waals surface area contributed by atoms with E-state index in [0.717, 1.165) is 35.6 Å². The molecule has 2 aromatic rings. The number of likely N-dealkylation sites (tertiary alicyclic amines) is 1. The van der Waals surface area contributed by atoms with Gasteiger partial charge < -0.3 is 0 Å². The Labute approximate surface area is 138 Å². The lowest BCUT2D eigenvalue weighted by Crippen LogP contribution is -2.46. The van der Waals surface area contributed by atoms with Crippen LogP contribution >= 0.6 is 0 Å². The molecule has 0 spiro atoms. The van der Waals surface area contributed by atoms with Gasteiger partial charge in [-0.25, -0.2) is 9.97 Å². The molecule has 2 aromatic heterocycles. The molecule has 2 aliphatic rings. The van der Waals surface area contributed by atoms with Crippen LogP contribution in [0.2, 0.25) is 0 Å². The van der Waals surface area contributed by atoms with Crippen LogP contribution < -0.4 is 0 Å². The standard InChI is InChI=1S/C19H24N4/c1-2-8-18-15(5-1)7-4-12-23(18)14-17-9-11-21-19(22-17)16-6-3-10-20-13-16/h3,6,9-11,13,15,18H,1-2,4-5,7-8,12,14H2/t15-,18+/m1/s1. The molecule has 4 rings (SSSR count). The van der Waals surface area contributed by atoms with Crippen LogP contribution in [-0.2, 0) is 6.54 Å². The molecule has 23 heavy (non-hydrogen) atoms. The predicted octanol–water partition coefficient (Wildman–Crippen LogP) is 3.69.